The summed E-state index contributed by atoms with van der Waals surface area (Å²) in [5.41, 5.74) is -1.45. The Hall–Kier alpha value is -3.90. The molecule has 0 amide bonds. The summed E-state index contributed by atoms with van der Waals surface area (Å²) in [6.45, 7) is 0. The standard InChI is InChI=1S/C23H15ClN2O4/c24-16-13-11-15(12-14-16)20(27)19-21(28)25(17-7-3-1-4-8-17)23(30)26(22(19)29)18-9-5-2-6-10-18/h1-14,28H. The summed E-state index contributed by atoms with van der Waals surface area (Å²) in [4.78, 5) is 39.6. The van der Waals surface area contributed by atoms with E-state index < -0.39 is 28.5 Å². The van der Waals surface area contributed by atoms with Crippen molar-refractivity contribution in [2.45, 2.75) is 0 Å². The maximum Gasteiger partial charge on any atom is 0.343 e. The molecule has 0 aliphatic rings. The minimum Gasteiger partial charge on any atom is -0.493 e. The van der Waals surface area contributed by atoms with Crippen molar-refractivity contribution in [3.8, 4) is 17.3 Å². The van der Waals surface area contributed by atoms with E-state index in [4.69, 9.17) is 11.6 Å². The first-order chi connectivity index (χ1) is 14.5. The highest BCUT2D eigenvalue weighted by atomic mass is 35.5. The zero-order valence-electron chi connectivity index (χ0n) is 15.5. The number of rotatable bonds is 4. The zero-order valence-corrected chi connectivity index (χ0v) is 16.3. The number of carbonyl (C=O) groups excluding carboxylic acids is 1. The molecule has 0 spiro atoms. The Bertz CT molecular complexity index is 1340. The van der Waals surface area contributed by atoms with Crippen molar-refractivity contribution >= 4 is 17.4 Å². The van der Waals surface area contributed by atoms with Gasteiger partial charge >= 0.3 is 5.69 Å². The van der Waals surface area contributed by atoms with Crippen LogP contribution in [0.2, 0.25) is 5.02 Å². The van der Waals surface area contributed by atoms with Crippen molar-refractivity contribution in [3.63, 3.8) is 0 Å². The Labute approximate surface area is 175 Å². The van der Waals surface area contributed by atoms with Gasteiger partial charge in [-0.1, -0.05) is 48.0 Å². The summed E-state index contributed by atoms with van der Waals surface area (Å²) in [5.74, 6) is -1.44. The Balaban J connectivity index is 2.08. The van der Waals surface area contributed by atoms with Gasteiger partial charge in [0.05, 0.1) is 11.4 Å². The minimum absolute atomic E-state index is 0.157. The molecule has 0 bridgehead atoms. The van der Waals surface area contributed by atoms with E-state index in [0.29, 0.717) is 10.7 Å². The Kier molecular flexibility index (Phi) is 5.08. The van der Waals surface area contributed by atoms with Gasteiger partial charge in [-0.25, -0.2) is 13.9 Å². The van der Waals surface area contributed by atoms with E-state index in [1.165, 1.54) is 24.3 Å². The summed E-state index contributed by atoms with van der Waals surface area (Å²) in [6.07, 6.45) is 0. The van der Waals surface area contributed by atoms with Crippen LogP contribution in [0.1, 0.15) is 15.9 Å². The first kappa shape index (κ1) is 19.4. The molecule has 0 radical (unpaired) electrons. The SMILES string of the molecule is O=C(c1ccc(Cl)cc1)c1c(O)n(-c2ccccc2)c(=O)n(-c2ccccc2)c1=O. The summed E-state index contributed by atoms with van der Waals surface area (Å²) in [5, 5.41) is 11.3. The van der Waals surface area contributed by atoms with Crippen LogP contribution in [0.5, 0.6) is 5.88 Å². The van der Waals surface area contributed by atoms with Crippen molar-refractivity contribution in [3.05, 3.63) is 122 Å². The van der Waals surface area contributed by atoms with Gasteiger partial charge < -0.3 is 5.11 Å². The topological polar surface area (TPSA) is 81.3 Å². The fourth-order valence-electron chi connectivity index (χ4n) is 3.16. The monoisotopic (exact) mass is 418 g/mol. The molecule has 0 aliphatic carbocycles. The van der Waals surface area contributed by atoms with Gasteiger partial charge in [-0.3, -0.25) is 9.59 Å². The molecule has 1 heterocycles. The molecule has 1 N–H and O–H groups in total. The Morgan fingerprint density at radius 2 is 1.23 bits per heavy atom. The molecular weight excluding hydrogens is 404 g/mol. The van der Waals surface area contributed by atoms with E-state index in [-0.39, 0.29) is 11.3 Å². The van der Waals surface area contributed by atoms with Crippen molar-refractivity contribution in [2.24, 2.45) is 0 Å². The summed E-state index contributed by atoms with van der Waals surface area (Å²) in [6, 6.07) is 22.4. The summed E-state index contributed by atoms with van der Waals surface area (Å²) >= 11 is 5.88. The molecule has 4 rings (SSSR count). The van der Waals surface area contributed by atoms with Gasteiger partial charge in [-0.2, -0.15) is 0 Å². The molecule has 6 nitrogen and oxygen atoms in total. The van der Waals surface area contributed by atoms with Crippen LogP contribution in [0.4, 0.5) is 0 Å². The van der Waals surface area contributed by atoms with E-state index in [1.807, 2.05) is 0 Å². The molecule has 0 saturated carbocycles. The molecular formula is C23H15ClN2O4. The molecule has 30 heavy (non-hydrogen) atoms. The lowest BCUT2D eigenvalue weighted by Crippen LogP contribution is -2.41. The molecule has 3 aromatic carbocycles. The second-order valence-corrected chi connectivity index (χ2v) is 6.90. The first-order valence-corrected chi connectivity index (χ1v) is 9.39. The minimum atomic E-state index is -0.907. The van der Waals surface area contributed by atoms with E-state index in [2.05, 4.69) is 0 Å². The van der Waals surface area contributed by atoms with Crippen LogP contribution in [0, 0.1) is 0 Å². The van der Waals surface area contributed by atoms with Gasteiger partial charge in [0.1, 0.15) is 5.56 Å². The lowest BCUT2D eigenvalue weighted by atomic mass is 10.1. The van der Waals surface area contributed by atoms with E-state index >= 15 is 0 Å². The number of nitrogens with zero attached hydrogens (tertiary/aromatic N) is 2. The number of hydrogen-bond donors (Lipinski definition) is 1. The van der Waals surface area contributed by atoms with Crippen LogP contribution in [-0.4, -0.2) is 20.0 Å². The molecule has 0 fully saturated rings. The van der Waals surface area contributed by atoms with Gasteiger partial charge in [-0.15, -0.1) is 0 Å². The average Bonchev–Trinajstić information content (AvgIpc) is 2.75. The molecule has 4 aromatic rings. The van der Waals surface area contributed by atoms with Gasteiger partial charge in [0.15, 0.2) is 0 Å². The predicted octanol–water partition coefficient (Wildman–Crippen LogP) is 3.58. The number of para-hydroxylation sites is 2. The van der Waals surface area contributed by atoms with Crippen molar-refractivity contribution < 1.29 is 9.90 Å². The molecule has 7 heteroatoms. The van der Waals surface area contributed by atoms with Crippen LogP contribution >= 0.6 is 11.6 Å². The number of aromatic nitrogens is 2. The van der Waals surface area contributed by atoms with Crippen LogP contribution < -0.4 is 11.2 Å². The second kappa shape index (κ2) is 7.85. The predicted molar refractivity (Wildman–Crippen MR) is 114 cm³/mol. The van der Waals surface area contributed by atoms with Crippen molar-refractivity contribution in [2.75, 3.05) is 0 Å². The van der Waals surface area contributed by atoms with Crippen molar-refractivity contribution in [1.29, 1.82) is 0 Å². The highest BCUT2D eigenvalue weighted by Crippen LogP contribution is 2.21. The zero-order chi connectivity index (χ0) is 21.3. The van der Waals surface area contributed by atoms with E-state index in [9.17, 15) is 19.5 Å². The number of benzene rings is 3. The number of ketones is 1. The number of halogens is 1. The normalized spacial score (nSPS) is 10.7. The maximum absolute atomic E-state index is 13.2. The molecule has 0 atom stereocenters. The highest BCUT2D eigenvalue weighted by molar-refractivity contribution is 6.30. The largest absolute Gasteiger partial charge is 0.493 e. The number of carbonyl (C=O) groups is 1. The van der Waals surface area contributed by atoms with Crippen LogP contribution in [0.3, 0.4) is 0 Å². The Morgan fingerprint density at radius 1 is 0.733 bits per heavy atom. The van der Waals surface area contributed by atoms with Gasteiger partial charge in [0, 0.05) is 10.6 Å². The third-order valence-electron chi connectivity index (χ3n) is 4.60. The third-order valence-corrected chi connectivity index (χ3v) is 4.85. The van der Waals surface area contributed by atoms with Crippen LogP contribution in [-0.2, 0) is 0 Å². The second-order valence-electron chi connectivity index (χ2n) is 6.46. The van der Waals surface area contributed by atoms with Crippen LogP contribution in [0.15, 0.2) is 94.5 Å². The molecule has 0 aliphatic heterocycles. The fraction of sp³-hybridized carbons (Fsp3) is 0. The van der Waals surface area contributed by atoms with E-state index in [1.54, 1.807) is 60.7 Å². The smallest absolute Gasteiger partial charge is 0.343 e. The van der Waals surface area contributed by atoms with Gasteiger partial charge in [0.2, 0.25) is 11.7 Å². The maximum atomic E-state index is 13.2. The lowest BCUT2D eigenvalue weighted by Gasteiger charge is -2.15. The number of aromatic hydroxyl groups is 1. The quantitative estimate of drug-likeness (QED) is 0.514. The van der Waals surface area contributed by atoms with Gasteiger partial charge in [0.25, 0.3) is 5.56 Å². The van der Waals surface area contributed by atoms with Crippen molar-refractivity contribution in [1.82, 2.24) is 9.13 Å². The van der Waals surface area contributed by atoms with Gasteiger partial charge in [-0.05, 0) is 48.5 Å². The summed E-state index contributed by atoms with van der Waals surface area (Å²) in [7, 11) is 0. The van der Waals surface area contributed by atoms with E-state index in [0.717, 1.165) is 9.13 Å². The fourth-order valence-corrected chi connectivity index (χ4v) is 3.28. The molecule has 1 aromatic heterocycles. The summed E-state index contributed by atoms with van der Waals surface area (Å²) < 4.78 is 1.81. The molecule has 0 saturated heterocycles. The first-order valence-electron chi connectivity index (χ1n) is 9.01. The Morgan fingerprint density at radius 3 is 1.77 bits per heavy atom. The third kappa shape index (κ3) is 3.33. The molecule has 0 unspecified atom stereocenters. The van der Waals surface area contributed by atoms with Crippen LogP contribution in [0.25, 0.3) is 11.4 Å². The lowest BCUT2D eigenvalue weighted by molar-refractivity contribution is 0.103. The average molecular weight is 419 g/mol. The molecule has 148 valence electrons. The highest BCUT2D eigenvalue weighted by Gasteiger charge is 2.26. The number of hydrogen-bond acceptors (Lipinski definition) is 4.